The van der Waals surface area contributed by atoms with Crippen molar-refractivity contribution in [3.05, 3.63) is 37.2 Å². The molecule has 0 amide bonds. The Morgan fingerprint density at radius 1 is 1.31 bits per heavy atom. The smallest absolute Gasteiger partial charge is 0.0961 e. The van der Waals surface area contributed by atoms with Gasteiger partial charge in [0.05, 0.1) is 17.4 Å². The number of nitrogens with zero attached hydrogens (tertiary/aromatic N) is 2. The molecule has 0 bridgehead atoms. The largest absolute Gasteiger partial charge is 0.399 e. The zero-order valence-corrected chi connectivity index (χ0v) is 10.9. The van der Waals surface area contributed by atoms with Crippen LogP contribution in [-0.4, -0.2) is 9.55 Å². The second-order valence-electron chi connectivity index (χ2n) is 2.93. The molecule has 0 fully saturated rings. The molecule has 1 aromatic carbocycles. The number of rotatable bonds is 2. The Bertz CT molecular complexity index is 454. The molecule has 90 valence electrons. The Kier molecular flexibility index (Phi) is 8.08. The predicted molar refractivity (Wildman–Crippen MR) is 76.1 cm³/mol. The van der Waals surface area contributed by atoms with E-state index in [1.807, 2.05) is 28.8 Å². The van der Waals surface area contributed by atoms with Crippen LogP contribution in [0.1, 0.15) is 0 Å². The van der Waals surface area contributed by atoms with Crippen molar-refractivity contribution in [1.29, 1.82) is 0 Å². The van der Waals surface area contributed by atoms with Gasteiger partial charge in [0.1, 0.15) is 0 Å². The first-order valence-corrected chi connectivity index (χ1v) is 4.12. The van der Waals surface area contributed by atoms with Gasteiger partial charge in [-0.15, -0.1) is 43.8 Å². The number of benzene rings is 1. The highest BCUT2D eigenvalue weighted by Crippen LogP contribution is 2.15. The number of allylic oxidation sites excluding steroid dienone is 1. The summed E-state index contributed by atoms with van der Waals surface area (Å²) in [6.45, 7) is 4.46. The third kappa shape index (κ3) is 3.30. The number of nitrogens with two attached hydrogens (primary N) is 1. The number of fused-ring (bicyclic) bond motifs is 1. The monoisotopic (exact) mass is 281 g/mol. The number of hydrogen-bond acceptors (Lipinski definition) is 2. The van der Waals surface area contributed by atoms with E-state index < -0.39 is 0 Å². The van der Waals surface area contributed by atoms with E-state index in [9.17, 15) is 0 Å². The average molecular weight is 283 g/mol. The lowest BCUT2D eigenvalue weighted by molar-refractivity contribution is 0.851. The highest BCUT2D eigenvalue weighted by Gasteiger charge is 2.00. The lowest BCUT2D eigenvalue weighted by Crippen LogP contribution is -1.92. The third-order valence-corrected chi connectivity index (χ3v) is 1.97. The second kappa shape index (κ2) is 7.39. The Labute approximate surface area is 113 Å². The summed E-state index contributed by atoms with van der Waals surface area (Å²) in [5.41, 5.74) is 8.41. The van der Waals surface area contributed by atoms with Gasteiger partial charge < -0.3 is 10.3 Å². The zero-order chi connectivity index (χ0) is 9.26. The van der Waals surface area contributed by atoms with Crippen LogP contribution >= 0.6 is 37.2 Å². The highest BCUT2D eigenvalue weighted by atomic mass is 35.5. The van der Waals surface area contributed by atoms with Gasteiger partial charge in [0.2, 0.25) is 0 Å². The van der Waals surface area contributed by atoms with Crippen LogP contribution in [0.5, 0.6) is 0 Å². The average Bonchev–Trinajstić information content (AvgIpc) is 2.49. The normalized spacial score (nSPS) is 8.50. The quantitative estimate of drug-likeness (QED) is 0.679. The molecule has 0 aliphatic carbocycles. The van der Waals surface area contributed by atoms with Crippen molar-refractivity contribution in [2.45, 2.75) is 6.54 Å². The fraction of sp³-hybridized carbons (Fsp3) is 0.100. The molecular formula is C10H14Cl3N3. The van der Waals surface area contributed by atoms with E-state index in [-0.39, 0.29) is 37.2 Å². The maximum atomic E-state index is 5.64. The van der Waals surface area contributed by atoms with Crippen LogP contribution in [0.3, 0.4) is 0 Å². The summed E-state index contributed by atoms with van der Waals surface area (Å²) in [5.74, 6) is 0. The fourth-order valence-electron chi connectivity index (χ4n) is 1.37. The van der Waals surface area contributed by atoms with E-state index in [2.05, 4.69) is 11.6 Å². The molecule has 2 N–H and O–H groups in total. The summed E-state index contributed by atoms with van der Waals surface area (Å²) in [7, 11) is 0. The van der Waals surface area contributed by atoms with Gasteiger partial charge in [-0.1, -0.05) is 6.08 Å². The zero-order valence-electron chi connectivity index (χ0n) is 8.50. The van der Waals surface area contributed by atoms with E-state index in [1.54, 1.807) is 6.33 Å². The molecule has 2 aromatic rings. The number of hydrogen-bond donors (Lipinski definition) is 1. The summed E-state index contributed by atoms with van der Waals surface area (Å²) in [6.07, 6.45) is 3.64. The van der Waals surface area contributed by atoms with Crippen LogP contribution in [0.2, 0.25) is 0 Å². The van der Waals surface area contributed by atoms with E-state index in [0.717, 1.165) is 23.3 Å². The van der Waals surface area contributed by atoms with Crippen LogP contribution in [0.15, 0.2) is 37.2 Å². The molecule has 0 aliphatic heterocycles. The first-order chi connectivity index (χ1) is 6.31. The number of halogens is 3. The van der Waals surface area contributed by atoms with Crippen LogP contribution in [0, 0.1) is 0 Å². The Morgan fingerprint density at radius 2 is 2.00 bits per heavy atom. The van der Waals surface area contributed by atoms with E-state index in [0.29, 0.717) is 0 Å². The SMILES string of the molecule is C=CCn1cnc2cc(N)ccc21.Cl.Cl.Cl. The molecule has 0 saturated heterocycles. The van der Waals surface area contributed by atoms with Crippen LogP contribution < -0.4 is 5.73 Å². The Balaban J connectivity index is 0. The topological polar surface area (TPSA) is 43.8 Å². The van der Waals surface area contributed by atoms with E-state index in [1.165, 1.54) is 0 Å². The van der Waals surface area contributed by atoms with E-state index >= 15 is 0 Å². The molecule has 0 radical (unpaired) electrons. The lowest BCUT2D eigenvalue weighted by Gasteiger charge is -1.98. The van der Waals surface area contributed by atoms with Gasteiger partial charge in [-0.05, 0) is 18.2 Å². The van der Waals surface area contributed by atoms with Crippen molar-refractivity contribution in [3.8, 4) is 0 Å². The van der Waals surface area contributed by atoms with Crippen molar-refractivity contribution in [2.75, 3.05) is 5.73 Å². The molecule has 1 aromatic heterocycles. The van der Waals surface area contributed by atoms with E-state index in [4.69, 9.17) is 5.73 Å². The number of anilines is 1. The van der Waals surface area contributed by atoms with Gasteiger partial charge >= 0.3 is 0 Å². The Hall–Kier alpha value is -0.900. The summed E-state index contributed by atoms with van der Waals surface area (Å²) in [6, 6.07) is 5.72. The van der Waals surface area contributed by atoms with Gasteiger partial charge in [-0.25, -0.2) is 4.98 Å². The summed E-state index contributed by atoms with van der Waals surface area (Å²) < 4.78 is 2.03. The number of nitrogen functional groups attached to an aromatic ring is 1. The molecule has 3 nitrogen and oxygen atoms in total. The van der Waals surface area contributed by atoms with Crippen molar-refractivity contribution in [2.24, 2.45) is 0 Å². The molecule has 0 saturated carbocycles. The minimum atomic E-state index is 0. The highest BCUT2D eigenvalue weighted by molar-refractivity contribution is 5.86. The number of aromatic nitrogens is 2. The van der Waals surface area contributed by atoms with Crippen LogP contribution in [0.4, 0.5) is 5.69 Å². The molecular weight excluding hydrogens is 268 g/mol. The summed E-state index contributed by atoms with van der Waals surface area (Å²) >= 11 is 0. The first kappa shape index (κ1) is 17.5. The maximum Gasteiger partial charge on any atom is 0.0961 e. The van der Waals surface area contributed by atoms with Gasteiger partial charge in [-0.3, -0.25) is 0 Å². The van der Waals surface area contributed by atoms with Gasteiger partial charge in [0.25, 0.3) is 0 Å². The van der Waals surface area contributed by atoms with Crippen molar-refractivity contribution in [3.63, 3.8) is 0 Å². The molecule has 6 heteroatoms. The Morgan fingerprint density at radius 3 is 2.62 bits per heavy atom. The molecule has 0 aliphatic rings. The summed E-state index contributed by atoms with van der Waals surface area (Å²) in [4.78, 5) is 4.23. The number of imidazole rings is 1. The van der Waals surface area contributed by atoms with Gasteiger partial charge in [0, 0.05) is 12.2 Å². The van der Waals surface area contributed by atoms with Crippen molar-refractivity contribution >= 4 is 53.9 Å². The van der Waals surface area contributed by atoms with Crippen LogP contribution in [0.25, 0.3) is 11.0 Å². The molecule has 1 heterocycles. The first-order valence-electron chi connectivity index (χ1n) is 4.12. The molecule has 0 atom stereocenters. The molecule has 2 rings (SSSR count). The fourth-order valence-corrected chi connectivity index (χ4v) is 1.37. The van der Waals surface area contributed by atoms with Crippen molar-refractivity contribution < 1.29 is 0 Å². The van der Waals surface area contributed by atoms with Gasteiger partial charge in [0.15, 0.2) is 0 Å². The molecule has 0 spiro atoms. The lowest BCUT2D eigenvalue weighted by atomic mass is 10.3. The van der Waals surface area contributed by atoms with Gasteiger partial charge in [-0.2, -0.15) is 0 Å². The molecule has 16 heavy (non-hydrogen) atoms. The standard InChI is InChI=1S/C10H11N3.3ClH/c1-2-5-13-7-12-9-6-8(11)3-4-10(9)13;;;/h2-4,6-7H,1,5,11H2;3*1H. The van der Waals surface area contributed by atoms with Crippen LogP contribution in [-0.2, 0) is 6.54 Å². The third-order valence-electron chi connectivity index (χ3n) is 1.97. The predicted octanol–water partition coefficient (Wildman–Crippen LogP) is 3.07. The molecule has 0 unspecified atom stereocenters. The van der Waals surface area contributed by atoms with Crippen molar-refractivity contribution in [1.82, 2.24) is 9.55 Å². The minimum Gasteiger partial charge on any atom is -0.399 e. The summed E-state index contributed by atoms with van der Waals surface area (Å²) in [5, 5.41) is 0. The second-order valence-corrected chi connectivity index (χ2v) is 2.93. The minimum absolute atomic E-state index is 0. The maximum absolute atomic E-state index is 5.64.